The van der Waals surface area contributed by atoms with Gasteiger partial charge >= 0.3 is 0 Å². The van der Waals surface area contributed by atoms with Gasteiger partial charge in [-0.3, -0.25) is 0 Å². The van der Waals surface area contributed by atoms with Crippen molar-refractivity contribution in [3.8, 4) is 11.9 Å². The normalized spacial score (nSPS) is 10.4. The van der Waals surface area contributed by atoms with Gasteiger partial charge in [-0.25, -0.2) is 13.1 Å². The van der Waals surface area contributed by atoms with E-state index in [4.69, 9.17) is 15.7 Å². The van der Waals surface area contributed by atoms with E-state index in [2.05, 4.69) is 0 Å². The molecule has 0 saturated heterocycles. The fraction of sp³-hybridized carbons (Fsp3) is 0.125. The summed E-state index contributed by atoms with van der Waals surface area (Å²) in [5, 5.41) is 8.27. The molecular formula is C8H8N3O3S. The maximum absolute atomic E-state index is 11.5. The third kappa shape index (κ3) is 2.30. The van der Waals surface area contributed by atoms with Crippen LogP contribution in [0.5, 0.6) is 5.75 Å². The monoisotopic (exact) mass is 226 g/mol. The summed E-state index contributed by atoms with van der Waals surface area (Å²) >= 11 is 0. The van der Waals surface area contributed by atoms with Gasteiger partial charge < -0.3 is 10.5 Å². The molecule has 79 valence electrons. The molecule has 7 heteroatoms. The van der Waals surface area contributed by atoms with Gasteiger partial charge in [0.1, 0.15) is 10.6 Å². The second-order valence-corrected chi connectivity index (χ2v) is 4.23. The second-order valence-electron chi connectivity index (χ2n) is 2.58. The van der Waals surface area contributed by atoms with Gasteiger partial charge in [0.2, 0.25) is 0 Å². The highest BCUT2D eigenvalue weighted by Gasteiger charge is 2.19. The molecule has 0 aromatic heterocycles. The first-order valence-electron chi connectivity index (χ1n) is 3.82. The zero-order valence-electron chi connectivity index (χ0n) is 7.81. The van der Waals surface area contributed by atoms with Gasteiger partial charge in [-0.15, -0.1) is 0 Å². The first-order valence-corrected chi connectivity index (χ1v) is 5.30. The third-order valence-electron chi connectivity index (χ3n) is 1.63. The molecule has 0 aliphatic rings. The molecule has 0 unspecified atom stereocenters. The molecule has 15 heavy (non-hydrogen) atoms. The molecule has 1 rings (SSSR count). The van der Waals surface area contributed by atoms with E-state index in [-0.39, 0.29) is 16.3 Å². The molecule has 0 aliphatic carbocycles. The van der Waals surface area contributed by atoms with E-state index in [1.165, 1.54) is 25.4 Å². The van der Waals surface area contributed by atoms with Gasteiger partial charge in [0, 0.05) is 0 Å². The summed E-state index contributed by atoms with van der Waals surface area (Å²) in [5.41, 5.74) is 7.31. The van der Waals surface area contributed by atoms with Crippen molar-refractivity contribution in [2.75, 3.05) is 7.11 Å². The Morgan fingerprint density at radius 3 is 2.73 bits per heavy atom. The van der Waals surface area contributed by atoms with E-state index in [0.29, 0.717) is 0 Å². The van der Waals surface area contributed by atoms with Crippen LogP contribution in [0.25, 0.3) is 0 Å². The highest BCUT2D eigenvalue weighted by molar-refractivity contribution is 7.89. The van der Waals surface area contributed by atoms with Crippen LogP contribution >= 0.6 is 0 Å². The second kappa shape index (κ2) is 4.06. The minimum Gasteiger partial charge on any atom is -0.495 e. The lowest BCUT2D eigenvalue weighted by Gasteiger charge is -2.07. The van der Waals surface area contributed by atoms with Crippen LogP contribution in [0.15, 0.2) is 23.1 Å². The number of rotatable bonds is 3. The molecular weight excluding hydrogens is 218 g/mol. The van der Waals surface area contributed by atoms with Crippen molar-refractivity contribution < 1.29 is 13.2 Å². The highest BCUT2D eigenvalue weighted by atomic mass is 32.2. The van der Waals surface area contributed by atoms with Crippen molar-refractivity contribution in [2.45, 2.75) is 4.90 Å². The van der Waals surface area contributed by atoms with Crippen LogP contribution in [0, 0.1) is 11.5 Å². The van der Waals surface area contributed by atoms with E-state index < -0.39 is 10.0 Å². The summed E-state index contributed by atoms with van der Waals surface area (Å²) < 4.78 is 29.4. The molecule has 1 aromatic carbocycles. The maximum Gasteiger partial charge on any atom is 0.273 e. The Labute approximate surface area is 87.3 Å². The Bertz CT molecular complexity index is 504. The standard InChI is InChI=1S/C8H8N3O3S/c1-14-7-3-2-6(10)4-8(7)15(12,13)11-5-9/h2-4,10-11H,1H3. The highest BCUT2D eigenvalue weighted by Crippen LogP contribution is 2.25. The van der Waals surface area contributed by atoms with E-state index >= 15 is 0 Å². The van der Waals surface area contributed by atoms with Crippen molar-refractivity contribution in [2.24, 2.45) is 0 Å². The lowest BCUT2D eigenvalue weighted by atomic mass is 10.3. The number of methoxy groups -OCH3 is 1. The number of sulfonamides is 1. The van der Waals surface area contributed by atoms with E-state index in [9.17, 15) is 8.42 Å². The smallest absolute Gasteiger partial charge is 0.273 e. The van der Waals surface area contributed by atoms with E-state index in [1.54, 1.807) is 4.72 Å². The average molecular weight is 226 g/mol. The Balaban J connectivity index is 3.36. The van der Waals surface area contributed by atoms with Crippen molar-refractivity contribution >= 4 is 15.7 Å². The summed E-state index contributed by atoms with van der Waals surface area (Å²) in [6, 6.07) is 3.86. The summed E-state index contributed by atoms with van der Waals surface area (Å²) in [4.78, 5) is -0.223. The first kappa shape index (κ1) is 11.1. The predicted octanol–water partition coefficient (Wildman–Crippen LogP) is 0.369. The first-order chi connectivity index (χ1) is 7.01. The van der Waals surface area contributed by atoms with Crippen molar-refractivity contribution in [1.82, 2.24) is 10.5 Å². The number of hydrogen-bond acceptors (Lipinski definition) is 4. The fourth-order valence-electron chi connectivity index (χ4n) is 1.00. The Hall–Kier alpha value is -1.94. The summed E-state index contributed by atoms with van der Waals surface area (Å²) in [7, 11) is -2.62. The number of nitrogens with one attached hydrogen (secondary N) is 2. The molecule has 0 heterocycles. The number of ether oxygens (including phenoxy) is 1. The lowest BCUT2D eigenvalue weighted by molar-refractivity contribution is 0.402. The fourth-order valence-corrected chi connectivity index (χ4v) is 1.93. The minimum absolute atomic E-state index is 0.0223. The van der Waals surface area contributed by atoms with Crippen LogP contribution in [0.1, 0.15) is 0 Å². The lowest BCUT2D eigenvalue weighted by Crippen LogP contribution is -2.18. The van der Waals surface area contributed by atoms with Gasteiger partial charge in [0.15, 0.2) is 6.19 Å². The molecule has 0 bridgehead atoms. The van der Waals surface area contributed by atoms with Crippen LogP contribution < -0.4 is 15.2 Å². The average Bonchev–Trinajstić information content (AvgIpc) is 2.17. The molecule has 0 spiro atoms. The Kier molecular flexibility index (Phi) is 3.01. The van der Waals surface area contributed by atoms with Crippen LogP contribution in [-0.2, 0) is 10.0 Å². The molecule has 0 amide bonds. The molecule has 1 aromatic rings. The zero-order chi connectivity index (χ0) is 11.5. The molecule has 2 N–H and O–H groups in total. The number of hydrogen-bond donors (Lipinski definition) is 1. The largest absolute Gasteiger partial charge is 0.495 e. The van der Waals surface area contributed by atoms with Gasteiger partial charge in [0.25, 0.3) is 10.0 Å². The van der Waals surface area contributed by atoms with Gasteiger partial charge in [-0.05, 0) is 18.2 Å². The number of benzene rings is 1. The zero-order valence-corrected chi connectivity index (χ0v) is 8.63. The van der Waals surface area contributed by atoms with E-state index in [1.807, 2.05) is 0 Å². The van der Waals surface area contributed by atoms with Crippen LogP contribution in [0.4, 0.5) is 5.69 Å². The molecule has 0 aliphatic heterocycles. The molecule has 0 saturated carbocycles. The van der Waals surface area contributed by atoms with Gasteiger partial charge in [-0.2, -0.15) is 5.26 Å². The molecule has 0 atom stereocenters. The molecule has 0 fully saturated rings. The quantitative estimate of drug-likeness (QED) is 0.593. The molecule has 6 nitrogen and oxygen atoms in total. The topological polar surface area (TPSA) is 103 Å². The number of nitrogens with zero attached hydrogens (tertiary/aromatic N) is 1. The van der Waals surface area contributed by atoms with Crippen molar-refractivity contribution in [1.29, 1.82) is 5.26 Å². The van der Waals surface area contributed by atoms with Gasteiger partial charge in [-0.1, -0.05) is 0 Å². The summed E-state index contributed by atoms with van der Waals surface area (Å²) in [6.07, 6.45) is 1.32. The number of nitriles is 1. The summed E-state index contributed by atoms with van der Waals surface area (Å²) in [5.74, 6) is 0.0914. The minimum atomic E-state index is -3.93. The third-order valence-corrected chi connectivity index (χ3v) is 2.89. The molecule has 1 radical (unpaired) electrons. The van der Waals surface area contributed by atoms with Crippen LogP contribution in [0.3, 0.4) is 0 Å². The van der Waals surface area contributed by atoms with Gasteiger partial charge in [0.05, 0.1) is 12.8 Å². The van der Waals surface area contributed by atoms with Crippen molar-refractivity contribution in [3.63, 3.8) is 0 Å². The summed E-state index contributed by atoms with van der Waals surface area (Å²) in [6.45, 7) is 0. The Morgan fingerprint density at radius 2 is 2.20 bits per heavy atom. The SMILES string of the molecule is COc1ccc([NH])cc1S(=O)(=O)NC#N. The Morgan fingerprint density at radius 1 is 1.53 bits per heavy atom. The van der Waals surface area contributed by atoms with E-state index in [0.717, 1.165) is 6.07 Å². The van der Waals surface area contributed by atoms with Crippen LogP contribution in [-0.4, -0.2) is 15.5 Å². The maximum atomic E-state index is 11.5. The van der Waals surface area contributed by atoms with Crippen LogP contribution in [0.2, 0.25) is 0 Å². The van der Waals surface area contributed by atoms with Crippen molar-refractivity contribution in [3.05, 3.63) is 18.2 Å². The predicted molar refractivity (Wildman–Crippen MR) is 51.7 cm³/mol.